The molecule has 0 spiro atoms. The number of non-ortho nitro benzene ring substituents is 1. The van der Waals surface area contributed by atoms with E-state index in [0.717, 1.165) is 60.3 Å². The highest BCUT2D eigenvalue weighted by atomic mass is 32.1. The van der Waals surface area contributed by atoms with Crippen molar-refractivity contribution in [3.05, 3.63) is 57.2 Å². The summed E-state index contributed by atoms with van der Waals surface area (Å²) < 4.78 is 0. The number of aromatic nitrogens is 3. The summed E-state index contributed by atoms with van der Waals surface area (Å²) in [4.78, 5) is 26.7. The third kappa shape index (κ3) is 4.56. The van der Waals surface area contributed by atoms with E-state index < -0.39 is 4.92 Å². The SMILES string of the molecule is CCc1cc(N2CCC(Nc3nc(C)cs3)CC2)nc(-c2ccc([N+](=O)[O-])cc2)n1. The van der Waals surface area contributed by atoms with E-state index in [-0.39, 0.29) is 5.69 Å². The van der Waals surface area contributed by atoms with Gasteiger partial charge in [0.25, 0.3) is 5.69 Å². The molecule has 0 unspecified atom stereocenters. The first-order valence-corrected chi connectivity index (χ1v) is 11.0. The van der Waals surface area contributed by atoms with Crippen LogP contribution in [0.5, 0.6) is 0 Å². The number of hydrogen-bond acceptors (Lipinski definition) is 8. The summed E-state index contributed by atoms with van der Waals surface area (Å²) in [5.41, 5.74) is 2.86. The summed E-state index contributed by atoms with van der Waals surface area (Å²) in [6.45, 7) is 5.88. The van der Waals surface area contributed by atoms with Crippen molar-refractivity contribution in [2.75, 3.05) is 23.3 Å². The number of aryl methyl sites for hydroxylation is 2. The van der Waals surface area contributed by atoms with Gasteiger partial charge in [-0.1, -0.05) is 6.92 Å². The highest BCUT2D eigenvalue weighted by Gasteiger charge is 2.22. The number of nitro groups is 1. The third-order valence-corrected chi connectivity index (χ3v) is 6.12. The second kappa shape index (κ2) is 8.74. The van der Waals surface area contributed by atoms with Crippen LogP contribution in [0.4, 0.5) is 16.6 Å². The number of nitro benzene ring substituents is 1. The van der Waals surface area contributed by atoms with E-state index in [9.17, 15) is 10.1 Å². The van der Waals surface area contributed by atoms with Gasteiger partial charge in [-0.15, -0.1) is 11.3 Å². The summed E-state index contributed by atoms with van der Waals surface area (Å²) in [6, 6.07) is 8.87. The molecule has 1 N–H and O–H groups in total. The summed E-state index contributed by atoms with van der Waals surface area (Å²) in [5.74, 6) is 1.52. The Hall–Kier alpha value is -3.07. The first kappa shape index (κ1) is 20.2. The van der Waals surface area contributed by atoms with Crippen molar-refractivity contribution in [3.8, 4) is 11.4 Å². The lowest BCUT2D eigenvalue weighted by molar-refractivity contribution is -0.384. The largest absolute Gasteiger partial charge is 0.359 e. The molecule has 30 heavy (non-hydrogen) atoms. The lowest BCUT2D eigenvalue weighted by atomic mass is 10.1. The molecule has 0 atom stereocenters. The van der Waals surface area contributed by atoms with Gasteiger partial charge in [-0.05, 0) is 38.3 Å². The van der Waals surface area contributed by atoms with E-state index in [1.165, 1.54) is 12.1 Å². The summed E-state index contributed by atoms with van der Waals surface area (Å²) >= 11 is 1.65. The van der Waals surface area contributed by atoms with Gasteiger partial charge in [-0.25, -0.2) is 15.0 Å². The molecule has 156 valence electrons. The molecule has 0 aliphatic carbocycles. The Kier molecular flexibility index (Phi) is 5.89. The number of thiazole rings is 1. The molecule has 4 rings (SSSR count). The molecule has 1 aliphatic heterocycles. The molecule has 8 nitrogen and oxygen atoms in total. The van der Waals surface area contributed by atoms with Crippen molar-refractivity contribution in [1.29, 1.82) is 0 Å². The van der Waals surface area contributed by atoms with Crippen LogP contribution in [0, 0.1) is 17.0 Å². The number of rotatable bonds is 6. The second-order valence-corrected chi connectivity index (χ2v) is 8.26. The van der Waals surface area contributed by atoms with Crippen molar-refractivity contribution >= 4 is 28.0 Å². The van der Waals surface area contributed by atoms with Gasteiger partial charge in [0.2, 0.25) is 0 Å². The number of nitrogens with one attached hydrogen (secondary N) is 1. The zero-order valence-electron chi connectivity index (χ0n) is 17.0. The van der Waals surface area contributed by atoms with Crippen LogP contribution in [0.15, 0.2) is 35.7 Å². The molecule has 0 saturated carbocycles. The Morgan fingerprint density at radius 2 is 1.93 bits per heavy atom. The Labute approximate surface area is 179 Å². The molecule has 1 aromatic carbocycles. The molecule has 0 radical (unpaired) electrons. The fourth-order valence-corrected chi connectivity index (χ4v) is 4.30. The Balaban J connectivity index is 1.49. The lowest BCUT2D eigenvalue weighted by Crippen LogP contribution is -2.39. The average Bonchev–Trinajstić information content (AvgIpc) is 3.18. The quantitative estimate of drug-likeness (QED) is 0.461. The van der Waals surface area contributed by atoms with E-state index in [1.807, 2.05) is 13.0 Å². The molecule has 1 aliphatic rings. The van der Waals surface area contributed by atoms with Gasteiger partial charge >= 0.3 is 0 Å². The number of anilines is 2. The molecule has 9 heteroatoms. The lowest BCUT2D eigenvalue weighted by Gasteiger charge is -2.33. The van der Waals surface area contributed by atoms with E-state index in [4.69, 9.17) is 4.98 Å². The molecule has 1 fully saturated rings. The molecular formula is C21H24N6O2S. The summed E-state index contributed by atoms with van der Waals surface area (Å²) in [6.07, 6.45) is 2.82. The monoisotopic (exact) mass is 424 g/mol. The van der Waals surface area contributed by atoms with Crippen LogP contribution < -0.4 is 10.2 Å². The fraction of sp³-hybridized carbons (Fsp3) is 0.381. The maximum absolute atomic E-state index is 10.9. The Morgan fingerprint density at radius 1 is 1.20 bits per heavy atom. The molecular weight excluding hydrogens is 400 g/mol. The minimum absolute atomic E-state index is 0.0654. The van der Waals surface area contributed by atoms with Gasteiger partial charge in [0.05, 0.1) is 10.6 Å². The van der Waals surface area contributed by atoms with E-state index >= 15 is 0 Å². The average molecular weight is 425 g/mol. The van der Waals surface area contributed by atoms with Crippen molar-refractivity contribution < 1.29 is 4.92 Å². The van der Waals surface area contributed by atoms with E-state index in [1.54, 1.807) is 23.5 Å². The summed E-state index contributed by atoms with van der Waals surface area (Å²) in [7, 11) is 0. The maximum atomic E-state index is 10.9. The van der Waals surface area contributed by atoms with Crippen LogP contribution in [0.1, 0.15) is 31.2 Å². The predicted octanol–water partition coefficient (Wildman–Crippen LogP) is 4.46. The van der Waals surface area contributed by atoms with E-state index in [2.05, 4.69) is 32.5 Å². The van der Waals surface area contributed by atoms with Gasteiger partial charge in [0.1, 0.15) is 5.82 Å². The van der Waals surface area contributed by atoms with Crippen LogP contribution in [0.25, 0.3) is 11.4 Å². The van der Waals surface area contributed by atoms with Crippen molar-refractivity contribution in [2.24, 2.45) is 0 Å². The van der Waals surface area contributed by atoms with Gasteiger partial charge in [-0.2, -0.15) is 0 Å². The minimum Gasteiger partial charge on any atom is -0.359 e. The molecule has 0 bridgehead atoms. The third-order valence-electron chi connectivity index (χ3n) is 5.23. The zero-order chi connectivity index (χ0) is 21.1. The predicted molar refractivity (Wildman–Crippen MR) is 119 cm³/mol. The second-order valence-electron chi connectivity index (χ2n) is 7.40. The maximum Gasteiger partial charge on any atom is 0.269 e. The van der Waals surface area contributed by atoms with Crippen molar-refractivity contribution in [1.82, 2.24) is 15.0 Å². The van der Waals surface area contributed by atoms with Crippen molar-refractivity contribution in [3.63, 3.8) is 0 Å². The van der Waals surface area contributed by atoms with Gasteiger partial charge < -0.3 is 10.2 Å². The molecule has 0 amide bonds. The molecule has 3 heterocycles. The minimum atomic E-state index is -0.399. The van der Waals surface area contributed by atoms with Crippen LogP contribution >= 0.6 is 11.3 Å². The smallest absolute Gasteiger partial charge is 0.269 e. The van der Waals surface area contributed by atoms with Gasteiger partial charge in [0, 0.05) is 54.0 Å². The van der Waals surface area contributed by atoms with Crippen LogP contribution in [0.3, 0.4) is 0 Å². The zero-order valence-corrected chi connectivity index (χ0v) is 17.9. The molecule has 1 saturated heterocycles. The topological polar surface area (TPSA) is 97.1 Å². The normalized spacial score (nSPS) is 14.7. The van der Waals surface area contributed by atoms with E-state index in [0.29, 0.717) is 11.9 Å². The fourth-order valence-electron chi connectivity index (χ4n) is 3.54. The molecule has 2 aromatic heterocycles. The number of piperidine rings is 1. The van der Waals surface area contributed by atoms with Crippen LogP contribution in [0.2, 0.25) is 0 Å². The number of nitrogens with zero attached hydrogens (tertiary/aromatic N) is 5. The highest BCUT2D eigenvalue weighted by Crippen LogP contribution is 2.26. The summed E-state index contributed by atoms with van der Waals surface area (Å²) in [5, 5.41) is 17.5. The molecule has 3 aromatic rings. The van der Waals surface area contributed by atoms with Gasteiger partial charge in [0.15, 0.2) is 11.0 Å². The van der Waals surface area contributed by atoms with Gasteiger partial charge in [-0.3, -0.25) is 10.1 Å². The first-order chi connectivity index (χ1) is 14.5. The highest BCUT2D eigenvalue weighted by molar-refractivity contribution is 7.13. The Bertz CT molecular complexity index is 1030. The standard InChI is InChI=1S/C21H24N6O2S/c1-3-16-12-19(25-20(23-16)15-4-6-18(7-5-15)27(28)29)26-10-8-17(9-11-26)24-21-22-14(2)13-30-21/h4-7,12-13,17H,3,8-11H2,1-2H3,(H,22,24). The van der Waals surface area contributed by atoms with Crippen LogP contribution in [-0.2, 0) is 6.42 Å². The first-order valence-electron chi connectivity index (χ1n) is 10.1. The Morgan fingerprint density at radius 3 is 2.53 bits per heavy atom. The van der Waals surface area contributed by atoms with Crippen molar-refractivity contribution in [2.45, 2.75) is 39.2 Å². The number of hydrogen-bond donors (Lipinski definition) is 1. The van der Waals surface area contributed by atoms with Crippen LogP contribution in [-0.4, -0.2) is 39.0 Å². The number of benzene rings is 1.